The molecule has 0 radical (unpaired) electrons. The Bertz CT molecular complexity index is 1220. The van der Waals surface area contributed by atoms with Gasteiger partial charge < -0.3 is 18.9 Å². The van der Waals surface area contributed by atoms with E-state index in [0.717, 1.165) is 45.3 Å². The molecule has 4 aromatic rings. The summed E-state index contributed by atoms with van der Waals surface area (Å²) in [7, 11) is 6.63. The van der Waals surface area contributed by atoms with E-state index in [1.165, 1.54) is 0 Å². The number of aliphatic imine (C=N–C) groups is 2. The highest BCUT2D eigenvalue weighted by Gasteiger charge is 2.24. The molecule has 0 fully saturated rings. The van der Waals surface area contributed by atoms with Crippen molar-refractivity contribution < 1.29 is 18.9 Å². The Labute approximate surface area is 224 Å². The van der Waals surface area contributed by atoms with Crippen molar-refractivity contribution in [2.45, 2.75) is 12.1 Å². The third-order valence-corrected chi connectivity index (χ3v) is 6.21. The van der Waals surface area contributed by atoms with Crippen molar-refractivity contribution in [3.63, 3.8) is 0 Å². The number of methoxy groups -OCH3 is 4. The second-order valence-corrected chi connectivity index (χ2v) is 8.54. The second-order valence-electron chi connectivity index (χ2n) is 8.54. The second kappa shape index (κ2) is 13.1. The lowest BCUT2D eigenvalue weighted by atomic mass is 9.93. The highest BCUT2D eigenvalue weighted by Crippen LogP contribution is 2.37. The van der Waals surface area contributed by atoms with Crippen molar-refractivity contribution in [1.29, 1.82) is 0 Å². The highest BCUT2D eigenvalue weighted by atomic mass is 16.5. The first-order valence-corrected chi connectivity index (χ1v) is 12.3. The Kier molecular flexibility index (Phi) is 9.13. The fourth-order valence-electron chi connectivity index (χ4n) is 4.01. The third kappa shape index (κ3) is 6.79. The van der Waals surface area contributed by atoms with Gasteiger partial charge in [-0.15, -0.1) is 0 Å². The first-order chi connectivity index (χ1) is 18.6. The largest absolute Gasteiger partial charge is 0.497 e. The van der Waals surface area contributed by atoms with Crippen LogP contribution in [0.5, 0.6) is 23.0 Å². The molecular weight excluding hydrogens is 476 g/mol. The van der Waals surface area contributed by atoms with Crippen LogP contribution in [0.1, 0.15) is 34.3 Å². The van der Waals surface area contributed by atoms with E-state index in [2.05, 4.69) is 0 Å². The molecule has 0 aliphatic heterocycles. The summed E-state index contributed by atoms with van der Waals surface area (Å²) < 4.78 is 21.4. The van der Waals surface area contributed by atoms with Gasteiger partial charge in [-0.3, -0.25) is 9.98 Å². The molecule has 2 atom stereocenters. The number of hydrogen-bond donors (Lipinski definition) is 0. The zero-order valence-corrected chi connectivity index (χ0v) is 22.1. The summed E-state index contributed by atoms with van der Waals surface area (Å²) >= 11 is 0. The van der Waals surface area contributed by atoms with E-state index in [0.29, 0.717) is 0 Å². The van der Waals surface area contributed by atoms with Crippen LogP contribution in [0.4, 0.5) is 0 Å². The highest BCUT2D eigenvalue weighted by molar-refractivity contribution is 5.81. The molecule has 0 bridgehead atoms. The van der Waals surface area contributed by atoms with Crippen molar-refractivity contribution in [2.75, 3.05) is 28.4 Å². The van der Waals surface area contributed by atoms with E-state index in [9.17, 15) is 0 Å². The number of nitrogens with zero attached hydrogens (tertiary/aromatic N) is 2. The van der Waals surface area contributed by atoms with E-state index >= 15 is 0 Å². The molecule has 194 valence electrons. The van der Waals surface area contributed by atoms with Gasteiger partial charge in [-0.1, -0.05) is 24.3 Å². The monoisotopic (exact) mass is 508 g/mol. The number of benzene rings is 4. The first-order valence-electron chi connectivity index (χ1n) is 12.3. The smallest absolute Gasteiger partial charge is 0.118 e. The standard InChI is InChI=1S/C32H32N2O4/c1-35-27-13-5-23(6-14-27)21-33-31(25-9-17-29(37-3)18-10-25)32(26-11-19-30(38-4)20-12-26)34-22-24-7-15-28(36-2)16-8-24/h5-22,31-32H,1-4H3/b33-21+,34-22+. The zero-order chi connectivity index (χ0) is 26.7. The maximum atomic E-state index is 5.39. The van der Waals surface area contributed by atoms with Gasteiger partial charge in [0.05, 0.1) is 28.4 Å². The average Bonchev–Trinajstić information content (AvgIpc) is 2.99. The van der Waals surface area contributed by atoms with Gasteiger partial charge in [0, 0.05) is 12.4 Å². The minimum atomic E-state index is -0.300. The summed E-state index contributed by atoms with van der Waals surface area (Å²) in [5, 5.41) is 0. The van der Waals surface area contributed by atoms with Crippen molar-refractivity contribution in [3.05, 3.63) is 119 Å². The van der Waals surface area contributed by atoms with E-state index in [4.69, 9.17) is 28.9 Å². The lowest BCUT2D eigenvalue weighted by Gasteiger charge is -2.22. The molecule has 0 aliphatic rings. The van der Waals surface area contributed by atoms with Crippen LogP contribution in [0.25, 0.3) is 0 Å². The number of rotatable bonds is 11. The van der Waals surface area contributed by atoms with Gasteiger partial charge in [0.25, 0.3) is 0 Å². The van der Waals surface area contributed by atoms with Crippen molar-refractivity contribution in [2.24, 2.45) is 9.98 Å². The molecule has 0 spiro atoms. The third-order valence-electron chi connectivity index (χ3n) is 6.21. The molecule has 0 saturated heterocycles. The van der Waals surface area contributed by atoms with E-state index < -0.39 is 0 Å². The fourth-order valence-corrected chi connectivity index (χ4v) is 4.01. The fraction of sp³-hybridized carbons (Fsp3) is 0.188. The van der Waals surface area contributed by atoms with Gasteiger partial charge in [-0.2, -0.15) is 0 Å². The molecule has 6 heteroatoms. The molecule has 0 saturated carbocycles. The normalized spacial score (nSPS) is 12.8. The predicted molar refractivity (Wildman–Crippen MR) is 153 cm³/mol. The molecule has 0 aromatic heterocycles. The van der Waals surface area contributed by atoms with Crippen molar-refractivity contribution in [1.82, 2.24) is 0 Å². The molecule has 0 N–H and O–H groups in total. The van der Waals surface area contributed by atoms with Crippen LogP contribution in [-0.2, 0) is 0 Å². The lowest BCUT2D eigenvalue weighted by molar-refractivity contribution is 0.414. The van der Waals surface area contributed by atoms with Crippen molar-refractivity contribution in [3.8, 4) is 23.0 Å². The average molecular weight is 509 g/mol. The number of ether oxygens (including phenoxy) is 4. The minimum Gasteiger partial charge on any atom is -0.497 e. The van der Waals surface area contributed by atoms with E-state index in [-0.39, 0.29) is 12.1 Å². The molecule has 0 amide bonds. The molecular formula is C32H32N2O4. The van der Waals surface area contributed by atoms with Crippen molar-refractivity contribution >= 4 is 12.4 Å². The van der Waals surface area contributed by atoms with Gasteiger partial charge >= 0.3 is 0 Å². The van der Waals surface area contributed by atoms with Crippen LogP contribution in [0.15, 0.2) is 107 Å². The van der Waals surface area contributed by atoms with Crippen LogP contribution >= 0.6 is 0 Å². The molecule has 2 unspecified atom stereocenters. The van der Waals surface area contributed by atoms with Gasteiger partial charge in [-0.05, 0) is 95.1 Å². The van der Waals surface area contributed by atoms with Crippen LogP contribution < -0.4 is 18.9 Å². The Hall–Kier alpha value is -4.58. The maximum absolute atomic E-state index is 5.39. The molecule has 4 rings (SSSR count). The Morgan fingerprint density at radius 3 is 0.947 bits per heavy atom. The number of hydrogen-bond acceptors (Lipinski definition) is 6. The first kappa shape index (κ1) is 26.5. The zero-order valence-electron chi connectivity index (χ0n) is 22.1. The Morgan fingerprint density at radius 1 is 0.421 bits per heavy atom. The molecule has 38 heavy (non-hydrogen) atoms. The van der Waals surface area contributed by atoms with Crippen LogP contribution in [0, 0.1) is 0 Å². The topological polar surface area (TPSA) is 61.6 Å². The maximum Gasteiger partial charge on any atom is 0.118 e. The van der Waals surface area contributed by atoms with Gasteiger partial charge in [0.15, 0.2) is 0 Å². The van der Waals surface area contributed by atoms with Crippen LogP contribution in [0.2, 0.25) is 0 Å². The summed E-state index contributed by atoms with van der Waals surface area (Å²) in [6.07, 6.45) is 3.77. The molecule has 4 aromatic carbocycles. The Balaban J connectivity index is 1.77. The Morgan fingerprint density at radius 2 is 0.684 bits per heavy atom. The predicted octanol–water partition coefficient (Wildman–Crippen LogP) is 6.74. The van der Waals surface area contributed by atoms with Gasteiger partial charge in [0.1, 0.15) is 35.1 Å². The summed E-state index contributed by atoms with van der Waals surface area (Å²) in [6, 6.07) is 31.0. The quantitative estimate of drug-likeness (QED) is 0.211. The van der Waals surface area contributed by atoms with E-state index in [1.807, 2.05) is 109 Å². The summed E-state index contributed by atoms with van der Waals surface area (Å²) in [6.45, 7) is 0. The molecule has 0 aliphatic carbocycles. The lowest BCUT2D eigenvalue weighted by Crippen LogP contribution is -2.09. The summed E-state index contributed by atoms with van der Waals surface area (Å²) in [4.78, 5) is 10.1. The SMILES string of the molecule is COc1ccc(/C=N/C(c2ccc(OC)cc2)C(/N=C/c2ccc(OC)cc2)c2ccc(OC)cc2)cc1. The molecule has 6 nitrogen and oxygen atoms in total. The van der Waals surface area contributed by atoms with Crippen LogP contribution in [-0.4, -0.2) is 40.9 Å². The molecule has 0 heterocycles. The van der Waals surface area contributed by atoms with Crippen LogP contribution in [0.3, 0.4) is 0 Å². The van der Waals surface area contributed by atoms with E-state index in [1.54, 1.807) is 28.4 Å². The minimum absolute atomic E-state index is 0.300. The summed E-state index contributed by atoms with van der Waals surface area (Å²) in [5.74, 6) is 3.17. The summed E-state index contributed by atoms with van der Waals surface area (Å²) in [5.41, 5.74) is 3.97. The van der Waals surface area contributed by atoms with Gasteiger partial charge in [0.2, 0.25) is 0 Å². The van der Waals surface area contributed by atoms with Gasteiger partial charge in [-0.25, -0.2) is 0 Å².